The first-order valence-corrected chi connectivity index (χ1v) is 27.3. The summed E-state index contributed by atoms with van der Waals surface area (Å²) < 4.78 is 9.44. The summed E-state index contributed by atoms with van der Waals surface area (Å²) in [4.78, 5) is 70.2. The number of nitrogens with one attached hydrogen (secondary N) is 2. The van der Waals surface area contributed by atoms with Crippen molar-refractivity contribution in [3.63, 3.8) is 0 Å². The fourth-order valence-corrected chi connectivity index (χ4v) is 13.5. The molecular formula is C58H62N10O6S. The molecule has 1 saturated carbocycles. The van der Waals surface area contributed by atoms with E-state index in [1.165, 1.54) is 37.0 Å². The van der Waals surface area contributed by atoms with Crippen LogP contribution in [-0.4, -0.2) is 124 Å². The van der Waals surface area contributed by atoms with Gasteiger partial charge in [0.1, 0.15) is 11.6 Å². The normalized spacial score (nSPS) is 19.3. The number of hydrogen-bond acceptors (Lipinski definition) is 13. The number of piperazine rings is 1. The van der Waals surface area contributed by atoms with Gasteiger partial charge in [-0.15, -0.1) is 0 Å². The number of hydrogen-bond donors (Lipinski definition) is 3. The van der Waals surface area contributed by atoms with Crippen LogP contribution in [0.25, 0.3) is 32.2 Å². The number of benzene rings is 4. The SMILES string of the molecule is Cc1c(OCC2CC3(CCN(CCN4CCN(c5cccc6c(C7CCC(=O)NC7=O)nn(C)c56)CC4)CC3)C2)cccc1-c1ccc(N2CCc3cccc(C(=O)Nc4nc5ccccc5s4)c3C2)nc1C(=O)O. The van der Waals surface area contributed by atoms with Crippen LogP contribution in [0, 0.1) is 18.3 Å². The summed E-state index contributed by atoms with van der Waals surface area (Å²) in [7, 11) is 1.95. The summed E-state index contributed by atoms with van der Waals surface area (Å²) in [6, 6.07) is 29.5. The zero-order valence-corrected chi connectivity index (χ0v) is 43.3. The van der Waals surface area contributed by atoms with Gasteiger partial charge in [0.05, 0.1) is 39.6 Å². The lowest BCUT2D eigenvalue weighted by atomic mass is 9.58. The Hall–Kier alpha value is -7.21. The molecule has 386 valence electrons. The summed E-state index contributed by atoms with van der Waals surface area (Å²) in [6.07, 6.45) is 6.28. The van der Waals surface area contributed by atoms with Crippen molar-refractivity contribution in [3.8, 4) is 16.9 Å². The monoisotopic (exact) mass is 1030 g/mol. The number of carboxylic acids is 1. The number of pyridine rings is 1. The predicted molar refractivity (Wildman–Crippen MR) is 291 cm³/mol. The zero-order chi connectivity index (χ0) is 51.4. The van der Waals surface area contributed by atoms with Crippen molar-refractivity contribution in [2.24, 2.45) is 18.4 Å². The van der Waals surface area contributed by atoms with Crippen molar-refractivity contribution in [3.05, 3.63) is 125 Å². The lowest BCUT2D eigenvalue weighted by Gasteiger charge is -2.52. The average molecular weight is 1030 g/mol. The molecule has 1 spiro atoms. The maximum Gasteiger partial charge on any atom is 0.355 e. The Kier molecular flexibility index (Phi) is 13.1. The van der Waals surface area contributed by atoms with Crippen molar-refractivity contribution < 1.29 is 29.0 Å². The first-order valence-electron chi connectivity index (χ1n) is 26.4. The number of aromatic carboxylic acids is 1. The number of piperidine rings is 2. The number of nitrogens with zero attached hydrogens (tertiary/aromatic N) is 8. The van der Waals surface area contributed by atoms with Crippen molar-refractivity contribution in [1.82, 2.24) is 34.9 Å². The van der Waals surface area contributed by atoms with E-state index in [2.05, 4.69) is 53.4 Å². The third kappa shape index (κ3) is 9.61. The number of rotatable bonds is 13. The molecule has 3 amide bonds. The molecule has 3 saturated heterocycles. The van der Waals surface area contributed by atoms with Crippen molar-refractivity contribution in [2.75, 3.05) is 80.6 Å². The minimum atomic E-state index is -1.10. The molecule has 4 fully saturated rings. The van der Waals surface area contributed by atoms with Crippen LogP contribution in [0.4, 0.5) is 16.6 Å². The second-order valence-corrected chi connectivity index (χ2v) is 22.3. The third-order valence-electron chi connectivity index (χ3n) is 16.7. The van der Waals surface area contributed by atoms with Gasteiger partial charge in [0.25, 0.3) is 5.91 Å². The maximum atomic E-state index is 13.7. The van der Waals surface area contributed by atoms with Gasteiger partial charge in [-0.3, -0.25) is 34.6 Å². The Bertz CT molecular complexity index is 3330. The van der Waals surface area contributed by atoms with Gasteiger partial charge in [-0.2, -0.15) is 5.10 Å². The fourth-order valence-electron chi connectivity index (χ4n) is 12.6. The lowest BCUT2D eigenvalue weighted by Crippen LogP contribution is -2.51. The van der Waals surface area contributed by atoms with Crippen LogP contribution < -0.4 is 25.2 Å². The van der Waals surface area contributed by atoms with Gasteiger partial charge < -0.3 is 24.5 Å². The van der Waals surface area contributed by atoms with Crippen molar-refractivity contribution >= 4 is 72.8 Å². The van der Waals surface area contributed by atoms with E-state index in [-0.39, 0.29) is 23.4 Å². The molecule has 0 bridgehead atoms. The largest absolute Gasteiger partial charge is 0.493 e. The number of aromatic nitrogens is 4. The van der Waals surface area contributed by atoms with Crippen LogP contribution in [0.15, 0.2) is 91.0 Å². The minimum Gasteiger partial charge on any atom is -0.493 e. The lowest BCUT2D eigenvalue weighted by molar-refractivity contribution is -0.134. The number of thiazole rings is 1. The van der Waals surface area contributed by atoms with Crippen LogP contribution in [0.2, 0.25) is 0 Å². The number of carbonyl (C=O) groups is 4. The highest BCUT2D eigenvalue weighted by Crippen LogP contribution is 2.53. The highest BCUT2D eigenvalue weighted by molar-refractivity contribution is 7.22. The van der Waals surface area contributed by atoms with Crippen LogP contribution in [0.3, 0.4) is 0 Å². The van der Waals surface area contributed by atoms with Crippen LogP contribution in [0.5, 0.6) is 5.75 Å². The number of amides is 3. The van der Waals surface area contributed by atoms with E-state index >= 15 is 0 Å². The molecule has 1 unspecified atom stereocenters. The third-order valence-corrected chi connectivity index (χ3v) is 17.7. The number of aryl methyl sites for hydroxylation is 1. The Morgan fingerprint density at radius 3 is 2.39 bits per heavy atom. The van der Waals surface area contributed by atoms with Crippen molar-refractivity contribution in [2.45, 2.75) is 64.3 Å². The molecule has 16 nitrogen and oxygen atoms in total. The molecule has 4 aromatic carbocycles. The van der Waals surface area contributed by atoms with Gasteiger partial charge in [-0.05, 0) is 135 Å². The number of anilines is 3. The zero-order valence-electron chi connectivity index (χ0n) is 42.5. The summed E-state index contributed by atoms with van der Waals surface area (Å²) in [6.45, 7) is 11.9. The standard InChI is InChI=1S/C58H62N10O6S/c1-36-39(40-16-18-49(60-52(40)56(72)73)68-23-20-38-8-5-10-41(44(38)34-68)54(70)62-57-59-45-12-3-4-15-48(45)75-57)9-7-14-47(36)74-35-37-32-58(33-37)21-24-65(25-22-58)26-27-66-28-30-67(31-29-66)46-13-6-11-42-51(63-64(2)53(42)46)43-17-19-50(69)61-55(43)71/h3-16,18,37,43H,17,19-35H2,1-2H3,(H,72,73)(H,59,62,70)(H,61,69,71). The van der Waals surface area contributed by atoms with E-state index < -0.39 is 11.9 Å². The second kappa shape index (κ2) is 20.1. The Labute approximate surface area is 439 Å². The number of ether oxygens (including phenoxy) is 1. The molecule has 75 heavy (non-hydrogen) atoms. The summed E-state index contributed by atoms with van der Waals surface area (Å²) in [5.74, 6) is -0.410. The molecule has 4 aliphatic heterocycles. The summed E-state index contributed by atoms with van der Waals surface area (Å²) in [5.41, 5.74) is 8.92. The number of carbonyl (C=O) groups excluding carboxylic acids is 3. The number of fused-ring (bicyclic) bond motifs is 3. The summed E-state index contributed by atoms with van der Waals surface area (Å²) in [5, 5.41) is 22.4. The van der Waals surface area contributed by atoms with Crippen LogP contribution in [0.1, 0.15) is 87.7 Å². The second-order valence-electron chi connectivity index (χ2n) is 21.3. The highest BCUT2D eigenvalue weighted by atomic mass is 32.1. The minimum absolute atomic E-state index is 0.0188. The average Bonchev–Trinajstić information content (AvgIpc) is 3.99. The molecule has 7 aromatic rings. The van der Waals surface area contributed by atoms with Crippen LogP contribution in [-0.2, 0) is 29.6 Å². The number of likely N-dealkylation sites (tertiary alicyclic amines) is 1. The maximum absolute atomic E-state index is 13.7. The van der Waals surface area contributed by atoms with E-state index in [1.807, 2.05) is 91.4 Å². The number of para-hydroxylation sites is 2. The molecule has 3 aromatic heterocycles. The first-order chi connectivity index (χ1) is 36.5. The van der Waals surface area contributed by atoms with E-state index in [9.17, 15) is 24.3 Å². The molecule has 12 rings (SSSR count). The van der Waals surface area contributed by atoms with E-state index in [0.29, 0.717) is 72.4 Å². The molecule has 17 heteroatoms. The quantitative estimate of drug-likeness (QED) is 0.0942. The first kappa shape index (κ1) is 48.7. The molecule has 5 aliphatic rings. The van der Waals surface area contributed by atoms with Gasteiger partial charge in [-0.1, -0.05) is 59.9 Å². The smallest absolute Gasteiger partial charge is 0.355 e. The Balaban J connectivity index is 0.616. The van der Waals surface area contributed by atoms with E-state index in [0.717, 1.165) is 113 Å². The predicted octanol–water partition coefficient (Wildman–Crippen LogP) is 8.28. The van der Waals surface area contributed by atoms with Gasteiger partial charge in [0, 0.05) is 82.3 Å². The molecule has 1 aliphatic carbocycles. The van der Waals surface area contributed by atoms with E-state index in [1.54, 1.807) is 0 Å². The fraction of sp³-hybridized carbons (Fsp3) is 0.397. The molecular weight excluding hydrogens is 965 g/mol. The van der Waals surface area contributed by atoms with Crippen molar-refractivity contribution in [1.29, 1.82) is 0 Å². The molecule has 3 N–H and O–H groups in total. The Morgan fingerprint density at radius 1 is 0.827 bits per heavy atom. The topological polar surface area (TPSA) is 178 Å². The van der Waals surface area contributed by atoms with Gasteiger partial charge in [-0.25, -0.2) is 14.8 Å². The van der Waals surface area contributed by atoms with Gasteiger partial charge >= 0.3 is 5.97 Å². The molecule has 1 atom stereocenters. The van der Waals surface area contributed by atoms with Gasteiger partial charge in [0.2, 0.25) is 11.8 Å². The van der Waals surface area contributed by atoms with Gasteiger partial charge in [0.15, 0.2) is 10.8 Å². The molecule has 7 heterocycles. The van der Waals surface area contributed by atoms with E-state index in [4.69, 9.17) is 14.8 Å². The molecule has 0 radical (unpaired) electrons. The number of imide groups is 1. The highest BCUT2D eigenvalue weighted by Gasteiger charge is 2.46. The van der Waals surface area contributed by atoms with Crippen LogP contribution >= 0.6 is 11.3 Å². The number of carboxylic acid groups (broad SMARTS) is 1. The Morgan fingerprint density at radius 2 is 1.60 bits per heavy atom. The summed E-state index contributed by atoms with van der Waals surface area (Å²) >= 11 is 1.44.